The molecule has 1 aromatic rings. The number of aliphatic hydroxyl groups is 1. The number of nitro groups is 1. The Morgan fingerprint density at radius 2 is 2.08 bits per heavy atom. The van der Waals surface area contributed by atoms with E-state index in [1.54, 1.807) is 4.90 Å². The fraction of sp³-hybridized carbons (Fsp3) is 0.588. The first-order chi connectivity index (χ1) is 11.5. The summed E-state index contributed by atoms with van der Waals surface area (Å²) in [5, 5.41) is 21.2. The molecule has 1 spiro atoms. The molecule has 0 radical (unpaired) electrons. The first-order valence-electron chi connectivity index (χ1n) is 8.36. The molecule has 1 saturated carbocycles. The quantitative estimate of drug-likeness (QED) is 0.675. The van der Waals surface area contributed by atoms with E-state index in [0.29, 0.717) is 19.7 Å². The van der Waals surface area contributed by atoms with Crippen LogP contribution >= 0.6 is 0 Å². The van der Waals surface area contributed by atoms with Crippen LogP contribution in [-0.2, 0) is 9.53 Å². The Balaban J connectivity index is 1.73. The van der Waals surface area contributed by atoms with Gasteiger partial charge in [-0.05, 0) is 18.4 Å². The molecule has 1 heterocycles. The monoisotopic (exact) mass is 334 g/mol. The smallest absolute Gasteiger partial charge is 0.269 e. The summed E-state index contributed by atoms with van der Waals surface area (Å²) in [6, 6.07) is 5.60. The molecule has 1 aromatic carbocycles. The molecule has 0 aromatic heterocycles. The van der Waals surface area contributed by atoms with Gasteiger partial charge in [0.25, 0.3) is 11.6 Å². The van der Waals surface area contributed by atoms with Crippen molar-refractivity contribution in [3.8, 4) is 0 Å². The molecule has 2 aliphatic rings. The van der Waals surface area contributed by atoms with Crippen molar-refractivity contribution in [1.82, 2.24) is 4.90 Å². The number of nitro benzene ring substituents is 1. The van der Waals surface area contributed by atoms with Crippen LogP contribution in [0.25, 0.3) is 0 Å². The highest BCUT2D eigenvalue weighted by Gasteiger charge is 2.40. The Morgan fingerprint density at radius 1 is 1.33 bits per heavy atom. The van der Waals surface area contributed by atoms with Crippen molar-refractivity contribution >= 4 is 11.6 Å². The molecule has 1 aliphatic carbocycles. The first-order valence-corrected chi connectivity index (χ1v) is 8.36. The summed E-state index contributed by atoms with van der Waals surface area (Å²) in [5.74, 6) is -0.413. The minimum absolute atomic E-state index is 0.134. The van der Waals surface area contributed by atoms with Crippen LogP contribution in [0.15, 0.2) is 24.3 Å². The Labute approximate surface area is 140 Å². The Bertz CT molecular complexity index is 622. The van der Waals surface area contributed by atoms with E-state index in [1.807, 2.05) is 0 Å². The van der Waals surface area contributed by atoms with Gasteiger partial charge in [-0.15, -0.1) is 0 Å². The maximum atomic E-state index is 12.7. The minimum Gasteiger partial charge on any atom is -0.378 e. The number of nitrogens with zero attached hydrogens (tertiary/aromatic N) is 2. The highest BCUT2D eigenvalue weighted by Crippen LogP contribution is 2.35. The highest BCUT2D eigenvalue weighted by atomic mass is 16.6. The van der Waals surface area contributed by atoms with Gasteiger partial charge in [0, 0.05) is 25.2 Å². The summed E-state index contributed by atoms with van der Waals surface area (Å²) < 4.78 is 5.96. The van der Waals surface area contributed by atoms with Crippen molar-refractivity contribution < 1.29 is 19.6 Å². The summed E-state index contributed by atoms with van der Waals surface area (Å²) >= 11 is 0. The minimum atomic E-state index is -1.39. The number of aliphatic hydroxyl groups excluding tert-OH is 1. The van der Waals surface area contributed by atoms with Crippen molar-refractivity contribution in [2.24, 2.45) is 0 Å². The maximum Gasteiger partial charge on any atom is 0.269 e. The number of hydrogen-bond acceptors (Lipinski definition) is 5. The molecule has 0 unspecified atom stereocenters. The molecule has 1 saturated heterocycles. The van der Waals surface area contributed by atoms with E-state index in [2.05, 4.69) is 0 Å². The molecule has 1 amide bonds. The fourth-order valence-electron chi connectivity index (χ4n) is 3.66. The second kappa shape index (κ2) is 6.86. The van der Waals surface area contributed by atoms with Crippen molar-refractivity contribution in [2.75, 3.05) is 19.7 Å². The normalized spacial score (nSPS) is 21.5. The molecular formula is C17H22N2O5. The summed E-state index contributed by atoms with van der Waals surface area (Å²) in [4.78, 5) is 24.6. The molecule has 1 aliphatic heterocycles. The van der Waals surface area contributed by atoms with Crippen molar-refractivity contribution in [3.63, 3.8) is 0 Å². The van der Waals surface area contributed by atoms with E-state index in [4.69, 9.17) is 4.74 Å². The molecule has 0 bridgehead atoms. The van der Waals surface area contributed by atoms with Gasteiger partial charge >= 0.3 is 0 Å². The van der Waals surface area contributed by atoms with Crippen LogP contribution in [0, 0.1) is 10.1 Å². The molecule has 3 rings (SSSR count). The number of benzene rings is 1. The van der Waals surface area contributed by atoms with E-state index in [-0.39, 0.29) is 16.9 Å². The number of non-ortho nitro benzene ring substituents is 1. The average Bonchev–Trinajstić information content (AvgIpc) is 2.61. The second-order valence-electron chi connectivity index (χ2n) is 6.61. The molecule has 7 heteroatoms. The zero-order valence-electron chi connectivity index (χ0n) is 13.5. The van der Waals surface area contributed by atoms with Gasteiger partial charge in [-0.2, -0.15) is 0 Å². The van der Waals surface area contributed by atoms with Crippen LogP contribution in [0.2, 0.25) is 0 Å². The van der Waals surface area contributed by atoms with Crippen molar-refractivity contribution in [3.05, 3.63) is 39.9 Å². The molecule has 130 valence electrons. The van der Waals surface area contributed by atoms with Crippen molar-refractivity contribution in [1.29, 1.82) is 0 Å². The fourth-order valence-corrected chi connectivity index (χ4v) is 3.66. The van der Waals surface area contributed by atoms with Gasteiger partial charge < -0.3 is 14.7 Å². The maximum absolute atomic E-state index is 12.7. The highest BCUT2D eigenvalue weighted by molar-refractivity contribution is 5.82. The summed E-state index contributed by atoms with van der Waals surface area (Å²) in [6.07, 6.45) is 3.86. The number of hydrogen-bond donors (Lipinski definition) is 1. The zero-order chi connectivity index (χ0) is 17.2. The third-order valence-corrected chi connectivity index (χ3v) is 4.96. The topological polar surface area (TPSA) is 92.9 Å². The average molecular weight is 334 g/mol. The lowest BCUT2D eigenvalue weighted by Gasteiger charge is -2.45. The number of morpholine rings is 1. The molecule has 7 nitrogen and oxygen atoms in total. The molecule has 24 heavy (non-hydrogen) atoms. The molecule has 1 N–H and O–H groups in total. The molecule has 1 atom stereocenters. The van der Waals surface area contributed by atoms with E-state index >= 15 is 0 Å². The standard InChI is InChI=1S/C17H22N2O5/c20-15(13-5-4-6-14(11-13)19(22)23)16(21)18-9-10-24-17(12-18)7-2-1-3-8-17/h4-6,11,15,20H,1-3,7-10,12H2/t15-/m1/s1. The van der Waals surface area contributed by atoms with Crippen molar-refractivity contribution in [2.45, 2.75) is 43.8 Å². The predicted molar refractivity (Wildman–Crippen MR) is 86.4 cm³/mol. The third kappa shape index (κ3) is 3.42. The van der Waals surface area contributed by atoms with E-state index in [9.17, 15) is 20.0 Å². The van der Waals surface area contributed by atoms with Gasteiger partial charge in [-0.3, -0.25) is 14.9 Å². The summed E-state index contributed by atoms with van der Waals surface area (Å²) in [6.45, 7) is 1.39. The lowest BCUT2D eigenvalue weighted by atomic mass is 9.83. The SMILES string of the molecule is O=C([C@H](O)c1cccc([N+](=O)[O-])c1)N1CCOC2(CCCCC2)C1. The predicted octanol–water partition coefficient (Wildman–Crippen LogP) is 2.19. The number of carbonyl (C=O) groups is 1. The van der Waals surface area contributed by atoms with Gasteiger partial charge in [-0.25, -0.2) is 0 Å². The summed E-state index contributed by atoms with van der Waals surface area (Å²) in [5.41, 5.74) is -0.169. The third-order valence-electron chi connectivity index (χ3n) is 4.96. The van der Waals surface area contributed by atoms with Crippen LogP contribution < -0.4 is 0 Å². The zero-order valence-corrected chi connectivity index (χ0v) is 13.5. The lowest BCUT2D eigenvalue weighted by molar-refractivity contribution is -0.385. The second-order valence-corrected chi connectivity index (χ2v) is 6.61. The van der Waals surface area contributed by atoms with Crippen LogP contribution in [0.1, 0.15) is 43.8 Å². The van der Waals surface area contributed by atoms with Gasteiger partial charge in [0.15, 0.2) is 6.10 Å². The molecular weight excluding hydrogens is 312 g/mol. The van der Waals surface area contributed by atoms with Gasteiger partial charge in [0.2, 0.25) is 0 Å². The summed E-state index contributed by atoms with van der Waals surface area (Å²) in [7, 11) is 0. The lowest BCUT2D eigenvalue weighted by Crippen LogP contribution is -2.55. The van der Waals surface area contributed by atoms with E-state index < -0.39 is 16.9 Å². The Morgan fingerprint density at radius 3 is 2.79 bits per heavy atom. The number of amides is 1. The number of carbonyl (C=O) groups excluding carboxylic acids is 1. The first kappa shape index (κ1) is 16.9. The van der Waals surface area contributed by atoms with Crippen LogP contribution in [0.5, 0.6) is 0 Å². The Kier molecular flexibility index (Phi) is 4.82. The van der Waals surface area contributed by atoms with Gasteiger partial charge in [-0.1, -0.05) is 31.4 Å². The number of rotatable bonds is 3. The van der Waals surface area contributed by atoms with Gasteiger partial charge in [0.1, 0.15) is 0 Å². The number of ether oxygens (including phenoxy) is 1. The largest absolute Gasteiger partial charge is 0.378 e. The van der Waals surface area contributed by atoms with Crippen LogP contribution in [-0.4, -0.2) is 46.1 Å². The van der Waals surface area contributed by atoms with Gasteiger partial charge in [0.05, 0.1) is 17.1 Å². The Hall–Kier alpha value is -1.99. The molecule has 2 fully saturated rings. The van der Waals surface area contributed by atoms with Crippen LogP contribution in [0.4, 0.5) is 5.69 Å². The van der Waals surface area contributed by atoms with E-state index in [0.717, 1.165) is 25.7 Å². The van der Waals surface area contributed by atoms with E-state index in [1.165, 1.54) is 30.7 Å². The van der Waals surface area contributed by atoms with Crippen LogP contribution in [0.3, 0.4) is 0 Å².